The minimum atomic E-state index is -0.0335. The zero-order valence-electron chi connectivity index (χ0n) is 16.3. The highest BCUT2D eigenvalue weighted by atomic mass is 32.1. The summed E-state index contributed by atoms with van der Waals surface area (Å²) in [6.07, 6.45) is 4.33. The van der Waals surface area contributed by atoms with Gasteiger partial charge in [-0.15, -0.1) is 11.3 Å². The van der Waals surface area contributed by atoms with Crippen LogP contribution in [0.3, 0.4) is 0 Å². The number of amides is 1. The summed E-state index contributed by atoms with van der Waals surface area (Å²) in [4.78, 5) is 14.1. The van der Waals surface area contributed by atoms with Crippen molar-refractivity contribution in [2.24, 2.45) is 11.3 Å². The van der Waals surface area contributed by atoms with Crippen LogP contribution in [0.15, 0.2) is 24.3 Å². The summed E-state index contributed by atoms with van der Waals surface area (Å²) in [7, 11) is 0. The van der Waals surface area contributed by atoms with Crippen molar-refractivity contribution >= 4 is 22.2 Å². The van der Waals surface area contributed by atoms with Crippen molar-refractivity contribution in [2.45, 2.75) is 59.9 Å². The third kappa shape index (κ3) is 3.80. The molecule has 1 atom stereocenters. The Kier molecular flexibility index (Phi) is 5.42. The summed E-state index contributed by atoms with van der Waals surface area (Å²) in [5.41, 5.74) is 10.8. The van der Waals surface area contributed by atoms with E-state index in [9.17, 15) is 4.79 Å². The lowest BCUT2D eigenvalue weighted by molar-refractivity contribution is 0.0950. The molecule has 1 heterocycles. The number of anilines is 1. The maximum atomic E-state index is 12.8. The molecule has 0 bridgehead atoms. The van der Waals surface area contributed by atoms with E-state index in [2.05, 4.69) is 57.3 Å². The van der Waals surface area contributed by atoms with Crippen molar-refractivity contribution in [3.63, 3.8) is 0 Å². The lowest BCUT2D eigenvalue weighted by atomic mass is 9.69. The molecule has 3 rings (SSSR count). The number of rotatable bonds is 5. The smallest absolute Gasteiger partial charge is 0.254 e. The number of hydrogen-bond acceptors (Lipinski definition) is 3. The maximum Gasteiger partial charge on any atom is 0.254 e. The van der Waals surface area contributed by atoms with Gasteiger partial charge in [0.2, 0.25) is 0 Å². The molecule has 0 fully saturated rings. The molecular weight excluding hydrogens is 340 g/mol. The zero-order chi connectivity index (χ0) is 18.9. The summed E-state index contributed by atoms with van der Waals surface area (Å²) in [6.45, 7) is 9.58. The molecular formula is C22H30N2OS. The Bertz CT molecular complexity index is 789. The fourth-order valence-corrected chi connectivity index (χ4v) is 4.98. The molecule has 0 radical (unpaired) electrons. The van der Waals surface area contributed by atoms with E-state index in [-0.39, 0.29) is 5.91 Å². The average molecular weight is 371 g/mol. The van der Waals surface area contributed by atoms with Crippen LogP contribution in [0.4, 0.5) is 5.00 Å². The molecule has 0 saturated heterocycles. The number of fused-ring (bicyclic) bond motifs is 1. The van der Waals surface area contributed by atoms with E-state index in [0.29, 0.717) is 22.9 Å². The summed E-state index contributed by atoms with van der Waals surface area (Å²) in [5, 5.41) is 3.72. The Balaban J connectivity index is 1.73. The largest absolute Gasteiger partial charge is 0.390 e. The van der Waals surface area contributed by atoms with E-state index < -0.39 is 0 Å². The van der Waals surface area contributed by atoms with E-state index in [0.717, 1.165) is 30.4 Å². The molecule has 0 unspecified atom stereocenters. The highest BCUT2D eigenvalue weighted by Gasteiger charge is 2.34. The van der Waals surface area contributed by atoms with Gasteiger partial charge in [-0.3, -0.25) is 4.79 Å². The molecule has 3 N–H and O–H groups in total. The van der Waals surface area contributed by atoms with E-state index in [4.69, 9.17) is 5.73 Å². The topological polar surface area (TPSA) is 55.1 Å². The fraction of sp³-hybridized carbons (Fsp3) is 0.500. The maximum absolute atomic E-state index is 12.8. The molecule has 140 valence electrons. The first kappa shape index (κ1) is 19.0. The first-order valence-electron chi connectivity index (χ1n) is 9.55. The Morgan fingerprint density at radius 3 is 2.65 bits per heavy atom. The van der Waals surface area contributed by atoms with Gasteiger partial charge in [0.15, 0.2) is 0 Å². The third-order valence-corrected chi connectivity index (χ3v) is 7.19. The van der Waals surface area contributed by atoms with Crippen LogP contribution >= 0.6 is 11.3 Å². The minimum Gasteiger partial charge on any atom is -0.390 e. The Labute approximate surface area is 161 Å². The first-order valence-corrected chi connectivity index (χ1v) is 10.4. The van der Waals surface area contributed by atoms with Gasteiger partial charge in [-0.05, 0) is 48.6 Å². The second kappa shape index (κ2) is 7.43. The van der Waals surface area contributed by atoms with Crippen molar-refractivity contribution in [1.29, 1.82) is 0 Å². The first-order chi connectivity index (χ1) is 12.3. The quantitative estimate of drug-likeness (QED) is 0.768. The SMILES string of the molecule is CCC(C)(C)[C@H]1CCc2c(sc(N)c2C(=O)NCc2ccc(C)cc2)C1. The van der Waals surface area contributed by atoms with Crippen LogP contribution in [0, 0.1) is 18.3 Å². The van der Waals surface area contributed by atoms with Gasteiger partial charge < -0.3 is 11.1 Å². The van der Waals surface area contributed by atoms with Crippen LogP contribution in [0.2, 0.25) is 0 Å². The van der Waals surface area contributed by atoms with Crippen LogP contribution in [0.1, 0.15) is 65.5 Å². The Hall–Kier alpha value is -1.81. The molecule has 0 spiro atoms. The number of thiophene rings is 1. The van der Waals surface area contributed by atoms with Gasteiger partial charge in [-0.25, -0.2) is 0 Å². The van der Waals surface area contributed by atoms with Gasteiger partial charge in [0, 0.05) is 11.4 Å². The van der Waals surface area contributed by atoms with Crippen molar-refractivity contribution in [3.8, 4) is 0 Å². The molecule has 2 aromatic rings. The highest BCUT2D eigenvalue weighted by molar-refractivity contribution is 7.16. The van der Waals surface area contributed by atoms with Gasteiger partial charge in [0.25, 0.3) is 5.91 Å². The molecule has 4 heteroatoms. The molecule has 26 heavy (non-hydrogen) atoms. The van der Waals surface area contributed by atoms with Gasteiger partial charge in [0.1, 0.15) is 0 Å². The van der Waals surface area contributed by atoms with Gasteiger partial charge >= 0.3 is 0 Å². The average Bonchev–Trinajstić information content (AvgIpc) is 2.96. The number of carbonyl (C=O) groups is 1. The number of nitrogen functional groups attached to an aromatic ring is 1. The second-order valence-electron chi connectivity index (χ2n) is 8.19. The van der Waals surface area contributed by atoms with Crippen LogP contribution in [0.25, 0.3) is 0 Å². The van der Waals surface area contributed by atoms with E-state index in [1.165, 1.54) is 22.4 Å². The fourth-order valence-electron chi connectivity index (χ4n) is 3.79. The molecule has 1 aromatic carbocycles. The monoisotopic (exact) mass is 370 g/mol. The molecule has 1 aliphatic rings. The van der Waals surface area contributed by atoms with Crippen molar-refractivity contribution in [3.05, 3.63) is 51.4 Å². The highest BCUT2D eigenvalue weighted by Crippen LogP contribution is 2.44. The van der Waals surface area contributed by atoms with Gasteiger partial charge in [0.05, 0.1) is 10.6 Å². The minimum absolute atomic E-state index is 0.0335. The van der Waals surface area contributed by atoms with E-state index in [1.54, 1.807) is 11.3 Å². The zero-order valence-corrected chi connectivity index (χ0v) is 17.1. The second-order valence-corrected chi connectivity index (χ2v) is 9.33. The molecule has 1 aliphatic carbocycles. The van der Waals surface area contributed by atoms with Crippen molar-refractivity contribution in [1.82, 2.24) is 5.32 Å². The normalized spacial score (nSPS) is 17.0. The molecule has 0 aliphatic heterocycles. The predicted octanol–water partition coefficient (Wildman–Crippen LogP) is 5.11. The number of nitrogens with one attached hydrogen (secondary N) is 1. The number of hydrogen-bond donors (Lipinski definition) is 2. The number of carbonyl (C=O) groups excluding carboxylic acids is 1. The molecule has 3 nitrogen and oxygen atoms in total. The number of nitrogens with two attached hydrogens (primary N) is 1. The molecule has 1 amide bonds. The number of benzene rings is 1. The summed E-state index contributed by atoms with van der Waals surface area (Å²) in [5.74, 6) is 0.635. The van der Waals surface area contributed by atoms with Crippen LogP contribution in [0.5, 0.6) is 0 Å². The van der Waals surface area contributed by atoms with Crippen molar-refractivity contribution in [2.75, 3.05) is 5.73 Å². The van der Waals surface area contributed by atoms with E-state index in [1.807, 2.05) is 0 Å². The Morgan fingerprint density at radius 2 is 2.00 bits per heavy atom. The van der Waals surface area contributed by atoms with Gasteiger partial charge in [-0.2, -0.15) is 0 Å². The lowest BCUT2D eigenvalue weighted by Gasteiger charge is -2.36. The molecule has 0 saturated carbocycles. The van der Waals surface area contributed by atoms with Crippen LogP contribution in [-0.4, -0.2) is 5.91 Å². The summed E-state index contributed by atoms with van der Waals surface area (Å²) >= 11 is 1.62. The van der Waals surface area contributed by atoms with E-state index >= 15 is 0 Å². The lowest BCUT2D eigenvalue weighted by Crippen LogP contribution is -2.29. The summed E-state index contributed by atoms with van der Waals surface area (Å²) < 4.78 is 0. The van der Waals surface area contributed by atoms with Crippen LogP contribution in [-0.2, 0) is 19.4 Å². The standard InChI is InChI=1S/C22H30N2OS/c1-5-22(3,4)16-10-11-17-18(12-16)26-20(23)19(17)21(25)24-13-15-8-6-14(2)7-9-15/h6-9,16H,5,10-13,23H2,1-4H3,(H,24,25)/t16-/m0/s1. The third-order valence-electron chi connectivity index (χ3n) is 6.11. The molecule has 1 aromatic heterocycles. The van der Waals surface area contributed by atoms with Crippen LogP contribution < -0.4 is 11.1 Å². The Morgan fingerprint density at radius 1 is 1.31 bits per heavy atom. The predicted molar refractivity (Wildman–Crippen MR) is 111 cm³/mol. The number of aryl methyl sites for hydroxylation is 1. The van der Waals surface area contributed by atoms with Gasteiger partial charge in [-0.1, -0.05) is 57.0 Å². The van der Waals surface area contributed by atoms with Crippen molar-refractivity contribution < 1.29 is 4.79 Å². The summed E-state index contributed by atoms with van der Waals surface area (Å²) in [6, 6.07) is 8.24.